The molecular formula is C28H42N4O2. The summed E-state index contributed by atoms with van der Waals surface area (Å²) < 4.78 is 0. The smallest absolute Gasteiger partial charge is 0.319 e. The van der Waals surface area contributed by atoms with Gasteiger partial charge in [-0.05, 0) is 74.9 Å². The standard InChI is InChI=1S/C28H42N4O2/c1-21-15-13-17-25(23(21)3)31-27(33)29-19-11-9-7-5-6-8-10-12-20-30-28(34)32-26-18-14-16-22(2)24(26)4/h13-18H,5-12,19-20H2,1-4H3,(H2,29,31,33)(H2,30,32,34). The molecule has 0 heterocycles. The van der Waals surface area contributed by atoms with Crippen molar-refractivity contribution in [2.45, 2.75) is 79.1 Å². The quantitative estimate of drug-likeness (QED) is 0.240. The molecule has 4 N–H and O–H groups in total. The fraction of sp³-hybridized carbons (Fsp3) is 0.500. The number of hydrogen-bond donors (Lipinski definition) is 4. The summed E-state index contributed by atoms with van der Waals surface area (Å²) in [7, 11) is 0. The van der Waals surface area contributed by atoms with Gasteiger partial charge in [0.05, 0.1) is 0 Å². The van der Waals surface area contributed by atoms with Crippen molar-refractivity contribution in [2.75, 3.05) is 23.7 Å². The summed E-state index contributed by atoms with van der Waals surface area (Å²) in [6.07, 6.45) is 9.07. The van der Waals surface area contributed by atoms with E-state index in [1.807, 2.05) is 64.1 Å². The zero-order chi connectivity index (χ0) is 24.8. The molecule has 0 atom stereocenters. The van der Waals surface area contributed by atoms with E-state index in [1.165, 1.54) is 36.8 Å². The molecule has 2 rings (SSSR count). The van der Waals surface area contributed by atoms with E-state index in [0.29, 0.717) is 13.1 Å². The maximum atomic E-state index is 12.0. The van der Waals surface area contributed by atoms with E-state index in [4.69, 9.17) is 0 Å². The van der Waals surface area contributed by atoms with Crippen LogP contribution >= 0.6 is 0 Å². The number of amides is 4. The Kier molecular flexibility index (Phi) is 12.0. The fourth-order valence-corrected chi connectivity index (χ4v) is 3.82. The van der Waals surface area contributed by atoms with Gasteiger partial charge in [0, 0.05) is 24.5 Å². The minimum atomic E-state index is -0.134. The first-order valence-corrected chi connectivity index (χ1v) is 12.6. The van der Waals surface area contributed by atoms with Crippen molar-refractivity contribution in [3.8, 4) is 0 Å². The Labute approximate surface area is 205 Å². The maximum Gasteiger partial charge on any atom is 0.319 e. The molecule has 0 aliphatic rings. The third-order valence-corrected chi connectivity index (χ3v) is 6.38. The average molecular weight is 467 g/mol. The minimum Gasteiger partial charge on any atom is -0.338 e. The zero-order valence-electron chi connectivity index (χ0n) is 21.4. The van der Waals surface area contributed by atoms with E-state index in [0.717, 1.165) is 48.2 Å². The molecule has 0 fully saturated rings. The topological polar surface area (TPSA) is 82.3 Å². The van der Waals surface area contributed by atoms with Crippen LogP contribution in [0.5, 0.6) is 0 Å². The first kappa shape index (κ1) is 27.2. The lowest BCUT2D eigenvalue weighted by Crippen LogP contribution is -2.29. The van der Waals surface area contributed by atoms with Gasteiger partial charge in [-0.3, -0.25) is 0 Å². The van der Waals surface area contributed by atoms with Crippen LogP contribution in [0.25, 0.3) is 0 Å². The summed E-state index contributed by atoms with van der Waals surface area (Å²) >= 11 is 0. The summed E-state index contributed by atoms with van der Waals surface area (Å²) in [5.41, 5.74) is 6.30. The second-order valence-corrected chi connectivity index (χ2v) is 9.09. The average Bonchev–Trinajstić information content (AvgIpc) is 2.80. The minimum absolute atomic E-state index is 0.134. The van der Waals surface area contributed by atoms with Gasteiger partial charge < -0.3 is 21.3 Å². The summed E-state index contributed by atoms with van der Waals surface area (Å²) in [5, 5.41) is 11.7. The molecule has 0 aromatic heterocycles. The number of rotatable bonds is 13. The maximum absolute atomic E-state index is 12.0. The van der Waals surface area contributed by atoms with Crippen LogP contribution in [0.1, 0.15) is 73.6 Å². The molecule has 0 aliphatic carbocycles. The highest BCUT2D eigenvalue weighted by Gasteiger charge is 2.06. The highest BCUT2D eigenvalue weighted by molar-refractivity contribution is 5.90. The Morgan fingerprint density at radius 1 is 0.559 bits per heavy atom. The van der Waals surface area contributed by atoms with Crippen molar-refractivity contribution in [3.63, 3.8) is 0 Å². The van der Waals surface area contributed by atoms with Gasteiger partial charge in [-0.2, -0.15) is 0 Å². The summed E-state index contributed by atoms with van der Waals surface area (Å²) in [6, 6.07) is 11.6. The van der Waals surface area contributed by atoms with Crippen molar-refractivity contribution in [1.82, 2.24) is 10.6 Å². The molecule has 0 unspecified atom stereocenters. The third-order valence-electron chi connectivity index (χ3n) is 6.38. The molecule has 2 aromatic rings. The largest absolute Gasteiger partial charge is 0.338 e. The molecule has 0 aliphatic heterocycles. The van der Waals surface area contributed by atoms with Crippen LogP contribution in [0.3, 0.4) is 0 Å². The van der Waals surface area contributed by atoms with E-state index in [2.05, 4.69) is 21.3 Å². The van der Waals surface area contributed by atoms with Crippen LogP contribution in [0, 0.1) is 27.7 Å². The number of nitrogens with one attached hydrogen (secondary N) is 4. The van der Waals surface area contributed by atoms with Gasteiger partial charge in [-0.15, -0.1) is 0 Å². The van der Waals surface area contributed by atoms with E-state index in [1.54, 1.807) is 0 Å². The molecule has 34 heavy (non-hydrogen) atoms. The van der Waals surface area contributed by atoms with E-state index in [-0.39, 0.29) is 12.1 Å². The Morgan fingerprint density at radius 3 is 1.29 bits per heavy atom. The number of anilines is 2. The second kappa shape index (κ2) is 15.0. The van der Waals surface area contributed by atoms with Crippen molar-refractivity contribution in [3.05, 3.63) is 58.7 Å². The van der Waals surface area contributed by atoms with Crippen LogP contribution in [0.4, 0.5) is 21.0 Å². The molecule has 4 amide bonds. The van der Waals surface area contributed by atoms with Gasteiger partial charge in [-0.25, -0.2) is 9.59 Å². The van der Waals surface area contributed by atoms with E-state index in [9.17, 15) is 9.59 Å². The van der Waals surface area contributed by atoms with Gasteiger partial charge in [0.1, 0.15) is 0 Å². The highest BCUT2D eigenvalue weighted by Crippen LogP contribution is 2.18. The molecule has 0 bridgehead atoms. The molecule has 0 radical (unpaired) electrons. The summed E-state index contributed by atoms with van der Waals surface area (Å²) in [4.78, 5) is 24.1. The van der Waals surface area contributed by atoms with Crippen LogP contribution in [-0.4, -0.2) is 25.2 Å². The van der Waals surface area contributed by atoms with Crippen LogP contribution in [-0.2, 0) is 0 Å². The summed E-state index contributed by atoms with van der Waals surface area (Å²) in [6.45, 7) is 9.53. The van der Waals surface area contributed by atoms with Gasteiger partial charge in [0.25, 0.3) is 0 Å². The first-order valence-electron chi connectivity index (χ1n) is 12.6. The normalized spacial score (nSPS) is 10.6. The Balaban J connectivity index is 1.41. The monoisotopic (exact) mass is 466 g/mol. The molecule has 6 nitrogen and oxygen atoms in total. The zero-order valence-corrected chi connectivity index (χ0v) is 21.4. The number of hydrogen-bond acceptors (Lipinski definition) is 2. The van der Waals surface area contributed by atoms with Crippen molar-refractivity contribution in [2.24, 2.45) is 0 Å². The Hall–Kier alpha value is -3.02. The van der Waals surface area contributed by atoms with Gasteiger partial charge in [0.2, 0.25) is 0 Å². The van der Waals surface area contributed by atoms with Crippen molar-refractivity contribution >= 4 is 23.4 Å². The lowest BCUT2D eigenvalue weighted by atomic mass is 10.1. The van der Waals surface area contributed by atoms with E-state index >= 15 is 0 Å². The first-order chi connectivity index (χ1) is 16.4. The lowest BCUT2D eigenvalue weighted by molar-refractivity contribution is 0.251. The second-order valence-electron chi connectivity index (χ2n) is 9.09. The number of carbonyl (C=O) groups is 2. The van der Waals surface area contributed by atoms with Crippen molar-refractivity contribution in [1.29, 1.82) is 0 Å². The molecule has 0 saturated carbocycles. The Morgan fingerprint density at radius 2 is 0.912 bits per heavy atom. The Bertz CT molecular complexity index is 851. The number of urea groups is 2. The van der Waals surface area contributed by atoms with Crippen LogP contribution < -0.4 is 21.3 Å². The SMILES string of the molecule is Cc1cccc(NC(=O)NCCCCCCCCCCNC(=O)Nc2cccc(C)c2C)c1C. The predicted molar refractivity (Wildman–Crippen MR) is 143 cm³/mol. The van der Waals surface area contributed by atoms with E-state index < -0.39 is 0 Å². The van der Waals surface area contributed by atoms with Gasteiger partial charge in [0.15, 0.2) is 0 Å². The molecule has 0 saturated heterocycles. The summed E-state index contributed by atoms with van der Waals surface area (Å²) in [5.74, 6) is 0. The number of unbranched alkanes of at least 4 members (excludes halogenated alkanes) is 7. The highest BCUT2D eigenvalue weighted by atomic mass is 16.2. The molecule has 0 spiro atoms. The fourth-order valence-electron chi connectivity index (χ4n) is 3.82. The third kappa shape index (κ3) is 9.86. The number of benzene rings is 2. The number of aryl methyl sites for hydroxylation is 2. The van der Waals surface area contributed by atoms with Gasteiger partial charge in [-0.1, -0.05) is 62.8 Å². The predicted octanol–water partition coefficient (Wildman–Crippen LogP) is 6.98. The van der Waals surface area contributed by atoms with Crippen LogP contribution in [0.15, 0.2) is 36.4 Å². The van der Waals surface area contributed by atoms with Crippen LogP contribution in [0.2, 0.25) is 0 Å². The molecule has 186 valence electrons. The van der Waals surface area contributed by atoms with Gasteiger partial charge >= 0.3 is 12.1 Å². The van der Waals surface area contributed by atoms with Crippen molar-refractivity contribution < 1.29 is 9.59 Å². The molecule has 2 aromatic carbocycles. The lowest BCUT2D eigenvalue weighted by Gasteiger charge is -2.11. The molecule has 6 heteroatoms. The molecular weight excluding hydrogens is 424 g/mol. The number of carbonyl (C=O) groups excluding carboxylic acids is 2.